The van der Waals surface area contributed by atoms with Crippen molar-refractivity contribution in [3.05, 3.63) is 0 Å². The Bertz CT molecular complexity index is 118. The molecule has 1 heteroatoms. The molecule has 1 atom stereocenters. The van der Waals surface area contributed by atoms with E-state index in [1.165, 1.54) is 19.4 Å². The summed E-state index contributed by atoms with van der Waals surface area (Å²) in [6, 6.07) is 0.843. The minimum atomic E-state index is 0.565. The summed E-state index contributed by atoms with van der Waals surface area (Å²) in [7, 11) is 2.24. The van der Waals surface area contributed by atoms with Crippen LogP contribution in [0.2, 0.25) is 0 Å². The molecule has 0 saturated carbocycles. The summed E-state index contributed by atoms with van der Waals surface area (Å²) in [5.41, 5.74) is 0.565. The van der Waals surface area contributed by atoms with Crippen molar-refractivity contribution in [1.82, 2.24) is 4.90 Å². The smallest absolute Gasteiger partial charge is 0.00953 e. The summed E-state index contributed by atoms with van der Waals surface area (Å²) in [5, 5.41) is 0. The predicted octanol–water partition coefficient (Wildman–Crippen LogP) is 2.13. The minimum absolute atomic E-state index is 0.565. The van der Waals surface area contributed by atoms with Crippen molar-refractivity contribution >= 4 is 0 Å². The number of nitrogens with zero attached hydrogens (tertiary/aromatic N) is 1. The summed E-state index contributed by atoms with van der Waals surface area (Å²) in [6.45, 7) is 8.27. The summed E-state index contributed by atoms with van der Waals surface area (Å²) < 4.78 is 0. The average Bonchev–Trinajstić information content (AvgIpc) is 2.05. The zero-order valence-electron chi connectivity index (χ0n) is 7.65. The van der Waals surface area contributed by atoms with E-state index in [1.807, 2.05) is 0 Å². The van der Waals surface area contributed by atoms with Crippen LogP contribution >= 0.6 is 0 Å². The van der Waals surface area contributed by atoms with Crippen molar-refractivity contribution < 1.29 is 0 Å². The molecular weight excluding hydrogens is 122 g/mol. The molecule has 1 saturated heterocycles. The Morgan fingerprint density at radius 1 is 1.50 bits per heavy atom. The topological polar surface area (TPSA) is 3.24 Å². The van der Waals surface area contributed by atoms with Gasteiger partial charge in [0, 0.05) is 12.6 Å². The Morgan fingerprint density at radius 3 is 2.30 bits per heavy atom. The molecule has 0 aliphatic carbocycles. The second-order valence-corrected chi connectivity index (χ2v) is 4.35. The Labute approximate surface area is 64.4 Å². The molecule has 1 rings (SSSR count). The second kappa shape index (κ2) is 2.54. The molecule has 1 unspecified atom stereocenters. The van der Waals surface area contributed by atoms with Crippen molar-refractivity contribution in [2.45, 2.75) is 39.7 Å². The van der Waals surface area contributed by atoms with E-state index >= 15 is 0 Å². The van der Waals surface area contributed by atoms with Crippen LogP contribution in [0.3, 0.4) is 0 Å². The molecule has 0 radical (unpaired) electrons. The molecule has 1 aliphatic rings. The molecule has 0 aromatic rings. The van der Waals surface area contributed by atoms with Crippen LogP contribution < -0.4 is 0 Å². The zero-order chi connectivity index (χ0) is 7.78. The lowest BCUT2D eigenvalue weighted by Gasteiger charge is -2.16. The number of likely N-dealkylation sites (tertiary alicyclic amines) is 1. The molecule has 1 aliphatic heterocycles. The van der Waals surface area contributed by atoms with Crippen LogP contribution in [-0.2, 0) is 0 Å². The molecule has 0 aromatic carbocycles. The first-order valence-electron chi connectivity index (χ1n) is 4.25. The maximum absolute atomic E-state index is 2.49. The van der Waals surface area contributed by atoms with Crippen molar-refractivity contribution in [3.8, 4) is 0 Å². The first-order valence-corrected chi connectivity index (χ1v) is 4.25. The van der Waals surface area contributed by atoms with E-state index in [-0.39, 0.29) is 0 Å². The molecule has 60 valence electrons. The second-order valence-electron chi connectivity index (χ2n) is 4.35. The lowest BCUT2D eigenvalue weighted by molar-refractivity contribution is 0.291. The molecule has 0 bridgehead atoms. The third-order valence-electron chi connectivity index (χ3n) is 2.56. The third kappa shape index (κ3) is 1.51. The quantitative estimate of drug-likeness (QED) is 0.540. The molecule has 1 nitrogen and oxygen atoms in total. The number of rotatable bonds is 1. The monoisotopic (exact) mass is 141 g/mol. The lowest BCUT2D eigenvalue weighted by atomic mass is 9.90. The summed E-state index contributed by atoms with van der Waals surface area (Å²) >= 11 is 0. The van der Waals surface area contributed by atoms with Crippen molar-refractivity contribution in [3.63, 3.8) is 0 Å². The molecule has 0 N–H and O–H groups in total. The highest BCUT2D eigenvalue weighted by Crippen LogP contribution is 2.33. The highest BCUT2D eigenvalue weighted by molar-refractivity contribution is 4.87. The molecular formula is C9H19N. The van der Waals surface area contributed by atoms with Crippen LogP contribution in [0, 0.1) is 5.41 Å². The number of hydrogen-bond donors (Lipinski definition) is 0. The van der Waals surface area contributed by atoms with Gasteiger partial charge in [-0.3, -0.25) is 0 Å². The van der Waals surface area contributed by atoms with Gasteiger partial charge in [0.1, 0.15) is 0 Å². The van der Waals surface area contributed by atoms with Gasteiger partial charge in [-0.2, -0.15) is 0 Å². The van der Waals surface area contributed by atoms with E-state index in [0.29, 0.717) is 5.41 Å². The van der Waals surface area contributed by atoms with E-state index in [1.54, 1.807) is 0 Å². The van der Waals surface area contributed by atoms with E-state index < -0.39 is 0 Å². The van der Waals surface area contributed by atoms with Crippen LogP contribution in [-0.4, -0.2) is 24.5 Å². The van der Waals surface area contributed by atoms with Gasteiger partial charge in [0.15, 0.2) is 0 Å². The van der Waals surface area contributed by atoms with E-state index in [2.05, 4.69) is 32.7 Å². The zero-order valence-corrected chi connectivity index (χ0v) is 7.65. The van der Waals surface area contributed by atoms with E-state index in [0.717, 1.165) is 6.04 Å². The Hall–Kier alpha value is -0.0400. The summed E-state index contributed by atoms with van der Waals surface area (Å²) in [5.74, 6) is 0. The Balaban J connectivity index is 2.52. The summed E-state index contributed by atoms with van der Waals surface area (Å²) in [4.78, 5) is 2.49. The van der Waals surface area contributed by atoms with Crippen LogP contribution in [0.5, 0.6) is 0 Å². The van der Waals surface area contributed by atoms with Crippen molar-refractivity contribution in [2.24, 2.45) is 5.41 Å². The lowest BCUT2D eigenvalue weighted by Crippen LogP contribution is -2.24. The minimum Gasteiger partial charge on any atom is -0.303 e. The first-order chi connectivity index (χ1) is 4.55. The van der Waals surface area contributed by atoms with Gasteiger partial charge in [-0.15, -0.1) is 0 Å². The first kappa shape index (κ1) is 8.06. The van der Waals surface area contributed by atoms with Gasteiger partial charge >= 0.3 is 0 Å². The van der Waals surface area contributed by atoms with Gasteiger partial charge in [0.05, 0.1) is 0 Å². The SMILES string of the molecule is CCC1CC(C)(C)CN1C. The van der Waals surface area contributed by atoms with Gasteiger partial charge in [-0.25, -0.2) is 0 Å². The fourth-order valence-electron chi connectivity index (χ4n) is 2.12. The predicted molar refractivity (Wildman–Crippen MR) is 45.1 cm³/mol. The average molecular weight is 141 g/mol. The van der Waals surface area contributed by atoms with Crippen molar-refractivity contribution in [2.75, 3.05) is 13.6 Å². The maximum atomic E-state index is 2.49. The fourth-order valence-corrected chi connectivity index (χ4v) is 2.12. The molecule has 10 heavy (non-hydrogen) atoms. The fraction of sp³-hybridized carbons (Fsp3) is 1.00. The highest BCUT2D eigenvalue weighted by atomic mass is 15.2. The van der Waals surface area contributed by atoms with Crippen LogP contribution in [0.15, 0.2) is 0 Å². The highest BCUT2D eigenvalue weighted by Gasteiger charge is 2.33. The third-order valence-corrected chi connectivity index (χ3v) is 2.56. The van der Waals surface area contributed by atoms with Gasteiger partial charge < -0.3 is 4.90 Å². The van der Waals surface area contributed by atoms with Gasteiger partial charge in [-0.05, 0) is 25.3 Å². The molecule has 1 heterocycles. The van der Waals surface area contributed by atoms with Gasteiger partial charge in [-0.1, -0.05) is 20.8 Å². The van der Waals surface area contributed by atoms with E-state index in [4.69, 9.17) is 0 Å². The van der Waals surface area contributed by atoms with E-state index in [9.17, 15) is 0 Å². The summed E-state index contributed by atoms with van der Waals surface area (Å²) in [6.07, 6.45) is 2.68. The van der Waals surface area contributed by atoms with Crippen LogP contribution in [0.25, 0.3) is 0 Å². The molecule has 0 amide bonds. The van der Waals surface area contributed by atoms with Crippen LogP contribution in [0.1, 0.15) is 33.6 Å². The number of hydrogen-bond acceptors (Lipinski definition) is 1. The molecule has 0 aromatic heterocycles. The molecule has 1 fully saturated rings. The largest absolute Gasteiger partial charge is 0.303 e. The molecule has 0 spiro atoms. The standard InChI is InChI=1S/C9H19N/c1-5-8-6-9(2,3)7-10(8)4/h8H,5-7H2,1-4H3. The van der Waals surface area contributed by atoms with Crippen LogP contribution in [0.4, 0.5) is 0 Å². The Morgan fingerprint density at radius 2 is 2.10 bits per heavy atom. The normalized spacial score (nSPS) is 33.0. The van der Waals surface area contributed by atoms with Gasteiger partial charge in [0.2, 0.25) is 0 Å². The Kier molecular flexibility index (Phi) is 2.04. The van der Waals surface area contributed by atoms with Gasteiger partial charge in [0.25, 0.3) is 0 Å². The van der Waals surface area contributed by atoms with Crippen molar-refractivity contribution in [1.29, 1.82) is 0 Å². The maximum Gasteiger partial charge on any atom is 0.00953 e.